The molecule has 1 aromatic heterocycles. The van der Waals surface area contributed by atoms with Crippen LogP contribution < -0.4 is 16.4 Å². The SMILES string of the molecule is CCCCNC(=O)c1ccc(CNC(=O)c2csc(CCN)n2)cc1. The zero-order valence-electron chi connectivity index (χ0n) is 14.4. The first-order valence-corrected chi connectivity index (χ1v) is 9.31. The molecule has 0 saturated carbocycles. The highest BCUT2D eigenvalue weighted by Crippen LogP contribution is 2.10. The van der Waals surface area contributed by atoms with Crippen molar-refractivity contribution < 1.29 is 9.59 Å². The summed E-state index contributed by atoms with van der Waals surface area (Å²) in [6, 6.07) is 7.22. The fraction of sp³-hybridized carbons (Fsp3) is 0.389. The zero-order chi connectivity index (χ0) is 18.1. The van der Waals surface area contributed by atoms with Gasteiger partial charge in [0.05, 0.1) is 5.01 Å². The van der Waals surface area contributed by atoms with E-state index in [1.165, 1.54) is 11.3 Å². The molecule has 1 aromatic carbocycles. The lowest BCUT2D eigenvalue weighted by Gasteiger charge is -2.06. The van der Waals surface area contributed by atoms with Crippen LogP contribution in [0.15, 0.2) is 29.6 Å². The van der Waals surface area contributed by atoms with Gasteiger partial charge in [0.1, 0.15) is 5.69 Å². The second kappa shape index (κ2) is 9.90. The van der Waals surface area contributed by atoms with Crippen LogP contribution in [-0.2, 0) is 13.0 Å². The molecule has 2 amide bonds. The van der Waals surface area contributed by atoms with E-state index in [4.69, 9.17) is 5.73 Å². The number of rotatable bonds is 9. The maximum absolute atomic E-state index is 12.1. The number of hydrogen-bond donors (Lipinski definition) is 3. The Morgan fingerprint density at radius 2 is 1.92 bits per heavy atom. The highest BCUT2D eigenvalue weighted by Gasteiger charge is 2.10. The third-order valence-electron chi connectivity index (χ3n) is 3.63. The lowest BCUT2D eigenvalue weighted by atomic mass is 10.1. The summed E-state index contributed by atoms with van der Waals surface area (Å²) in [4.78, 5) is 28.3. The van der Waals surface area contributed by atoms with Gasteiger partial charge in [0.15, 0.2) is 0 Å². The molecular weight excluding hydrogens is 336 g/mol. The summed E-state index contributed by atoms with van der Waals surface area (Å²) >= 11 is 1.44. The first kappa shape index (κ1) is 19.1. The van der Waals surface area contributed by atoms with Crippen molar-refractivity contribution in [2.24, 2.45) is 5.73 Å². The Morgan fingerprint density at radius 3 is 2.60 bits per heavy atom. The molecule has 0 fully saturated rings. The van der Waals surface area contributed by atoms with E-state index in [0.29, 0.717) is 37.3 Å². The molecule has 1 heterocycles. The lowest BCUT2D eigenvalue weighted by molar-refractivity contribution is 0.0940. The van der Waals surface area contributed by atoms with E-state index in [2.05, 4.69) is 22.5 Å². The first-order valence-electron chi connectivity index (χ1n) is 8.43. The molecule has 0 unspecified atom stereocenters. The van der Waals surface area contributed by atoms with Crippen molar-refractivity contribution in [2.75, 3.05) is 13.1 Å². The van der Waals surface area contributed by atoms with E-state index in [9.17, 15) is 9.59 Å². The average molecular weight is 360 g/mol. The number of aromatic nitrogens is 1. The Bertz CT molecular complexity index is 697. The first-order chi connectivity index (χ1) is 12.1. The number of amides is 2. The molecule has 0 saturated heterocycles. The van der Waals surface area contributed by atoms with E-state index in [-0.39, 0.29) is 11.8 Å². The van der Waals surface area contributed by atoms with Gasteiger partial charge in [0.2, 0.25) is 0 Å². The number of nitrogens with two attached hydrogens (primary N) is 1. The van der Waals surface area contributed by atoms with Gasteiger partial charge >= 0.3 is 0 Å². The number of benzene rings is 1. The van der Waals surface area contributed by atoms with Gasteiger partial charge in [0.25, 0.3) is 11.8 Å². The normalized spacial score (nSPS) is 10.5. The number of carbonyl (C=O) groups is 2. The summed E-state index contributed by atoms with van der Waals surface area (Å²) < 4.78 is 0. The van der Waals surface area contributed by atoms with E-state index < -0.39 is 0 Å². The Kier molecular flexibility index (Phi) is 7.56. The average Bonchev–Trinajstić information content (AvgIpc) is 3.09. The van der Waals surface area contributed by atoms with Crippen LogP contribution in [0.2, 0.25) is 0 Å². The molecule has 0 bridgehead atoms. The van der Waals surface area contributed by atoms with Crippen molar-refractivity contribution in [1.29, 1.82) is 0 Å². The Hall–Kier alpha value is -2.25. The third kappa shape index (κ3) is 5.95. The molecule has 2 aromatic rings. The van der Waals surface area contributed by atoms with Crippen molar-refractivity contribution in [2.45, 2.75) is 32.7 Å². The number of unbranched alkanes of at least 4 members (excludes halogenated alkanes) is 1. The van der Waals surface area contributed by atoms with Gasteiger partial charge in [-0.1, -0.05) is 25.5 Å². The topological polar surface area (TPSA) is 97.1 Å². The maximum Gasteiger partial charge on any atom is 0.271 e. The van der Waals surface area contributed by atoms with Crippen molar-refractivity contribution >= 4 is 23.2 Å². The molecule has 0 atom stereocenters. The second-order valence-electron chi connectivity index (χ2n) is 5.65. The van der Waals surface area contributed by atoms with Crippen molar-refractivity contribution in [1.82, 2.24) is 15.6 Å². The maximum atomic E-state index is 12.1. The van der Waals surface area contributed by atoms with Gasteiger partial charge < -0.3 is 16.4 Å². The molecule has 2 rings (SSSR count). The Labute approximate surface area is 151 Å². The fourth-order valence-electron chi connectivity index (χ4n) is 2.18. The molecule has 0 aliphatic carbocycles. The lowest BCUT2D eigenvalue weighted by Crippen LogP contribution is -2.25. The van der Waals surface area contributed by atoms with Crippen molar-refractivity contribution in [3.05, 3.63) is 51.5 Å². The van der Waals surface area contributed by atoms with Gasteiger partial charge in [0, 0.05) is 30.5 Å². The molecule has 0 radical (unpaired) electrons. The van der Waals surface area contributed by atoms with Gasteiger partial charge in [-0.2, -0.15) is 0 Å². The second-order valence-corrected chi connectivity index (χ2v) is 6.60. The summed E-state index contributed by atoms with van der Waals surface area (Å²) in [5.41, 5.74) is 7.45. The summed E-state index contributed by atoms with van der Waals surface area (Å²) in [6.07, 6.45) is 2.70. The van der Waals surface area contributed by atoms with Crippen LogP contribution in [-0.4, -0.2) is 29.9 Å². The molecule has 7 heteroatoms. The molecule has 4 N–H and O–H groups in total. The molecule has 6 nitrogen and oxygen atoms in total. The predicted molar refractivity (Wildman–Crippen MR) is 99.7 cm³/mol. The van der Waals surface area contributed by atoms with Crippen LogP contribution >= 0.6 is 11.3 Å². The highest BCUT2D eigenvalue weighted by atomic mass is 32.1. The summed E-state index contributed by atoms with van der Waals surface area (Å²) in [5, 5.41) is 8.32. The number of nitrogens with one attached hydrogen (secondary N) is 2. The summed E-state index contributed by atoms with van der Waals surface area (Å²) in [5.74, 6) is -0.278. The van der Waals surface area contributed by atoms with E-state index >= 15 is 0 Å². The van der Waals surface area contributed by atoms with Gasteiger partial charge in [-0.15, -0.1) is 11.3 Å². The molecule has 0 spiro atoms. The van der Waals surface area contributed by atoms with Crippen LogP contribution in [0.3, 0.4) is 0 Å². The van der Waals surface area contributed by atoms with Gasteiger partial charge in [-0.3, -0.25) is 9.59 Å². The predicted octanol–water partition coefficient (Wildman–Crippen LogP) is 2.10. The standard InChI is InChI=1S/C18H24N4O2S/c1-2-3-10-20-17(23)14-6-4-13(5-7-14)11-21-18(24)15-12-25-16(22-15)8-9-19/h4-7,12H,2-3,8-11,19H2,1H3,(H,20,23)(H,21,24). The number of hydrogen-bond acceptors (Lipinski definition) is 5. The summed E-state index contributed by atoms with van der Waals surface area (Å²) in [6.45, 7) is 3.68. The molecule has 134 valence electrons. The minimum absolute atomic E-state index is 0.0704. The quantitative estimate of drug-likeness (QED) is 0.597. The van der Waals surface area contributed by atoms with Gasteiger partial charge in [-0.25, -0.2) is 4.98 Å². The molecular formula is C18H24N4O2S. The van der Waals surface area contributed by atoms with Crippen LogP contribution in [0.1, 0.15) is 51.2 Å². The van der Waals surface area contributed by atoms with E-state index in [1.54, 1.807) is 17.5 Å². The minimum atomic E-state index is -0.207. The third-order valence-corrected chi connectivity index (χ3v) is 4.54. The molecule has 0 aliphatic rings. The zero-order valence-corrected chi connectivity index (χ0v) is 15.2. The number of carbonyl (C=O) groups excluding carboxylic acids is 2. The van der Waals surface area contributed by atoms with Crippen molar-refractivity contribution in [3.63, 3.8) is 0 Å². The number of thiazole rings is 1. The van der Waals surface area contributed by atoms with Gasteiger partial charge in [-0.05, 0) is 30.7 Å². The van der Waals surface area contributed by atoms with E-state index in [0.717, 1.165) is 23.4 Å². The summed E-state index contributed by atoms with van der Waals surface area (Å²) in [7, 11) is 0. The van der Waals surface area contributed by atoms with E-state index in [1.807, 2.05) is 12.1 Å². The molecule has 0 aliphatic heterocycles. The minimum Gasteiger partial charge on any atom is -0.352 e. The van der Waals surface area contributed by atoms with Crippen LogP contribution in [0.25, 0.3) is 0 Å². The van der Waals surface area contributed by atoms with Crippen molar-refractivity contribution in [3.8, 4) is 0 Å². The largest absolute Gasteiger partial charge is 0.352 e. The Morgan fingerprint density at radius 1 is 1.16 bits per heavy atom. The van der Waals surface area contributed by atoms with Crippen LogP contribution in [0, 0.1) is 0 Å². The molecule has 25 heavy (non-hydrogen) atoms. The highest BCUT2D eigenvalue weighted by molar-refractivity contribution is 7.09. The van der Waals surface area contributed by atoms with Crippen LogP contribution in [0.4, 0.5) is 0 Å². The smallest absolute Gasteiger partial charge is 0.271 e. The fourth-order valence-corrected chi connectivity index (χ4v) is 2.98. The van der Waals surface area contributed by atoms with Crippen LogP contribution in [0.5, 0.6) is 0 Å². The monoisotopic (exact) mass is 360 g/mol. The Balaban J connectivity index is 1.84. The number of nitrogens with zero attached hydrogens (tertiary/aromatic N) is 1.